The van der Waals surface area contributed by atoms with Gasteiger partial charge in [-0.05, 0) is 18.2 Å². The molecule has 1 atom stereocenters. The summed E-state index contributed by atoms with van der Waals surface area (Å²) in [7, 11) is 0. The zero-order valence-corrected chi connectivity index (χ0v) is 15.2. The van der Waals surface area contributed by atoms with Gasteiger partial charge in [0.05, 0.1) is 17.9 Å². The predicted octanol–water partition coefficient (Wildman–Crippen LogP) is 3.48. The van der Waals surface area contributed by atoms with Crippen molar-refractivity contribution in [3.8, 4) is 0 Å². The molecule has 1 N–H and O–H groups in total. The summed E-state index contributed by atoms with van der Waals surface area (Å²) in [6.07, 6.45) is 1.75. The normalized spacial score (nSPS) is 20.5. The van der Waals surface area contributed by atoms with Gasteiger partial charge >= 0.3 is 0 Å². The maximum Gasteiger partial charge on any atom is 0.270 e. The lowest BCUT2D eigenvalue weighted by Crippen LogP contribution is -2.44. The van der Waals surface area contributed by atoms with E-state index in [1.54, 1.807) is 11.1 Å². The van der Waals surface area contributed by atoms with Crippen molar-refractivity contribution in [2.45, 2.75) is 11.4 Å². The average Bonchev–Trinajstić information content (AvgIpc) is 3.27. The Morgan fingerprint density at radius 1 is 0.963 bits per heavy atom. The van der Waals surface area contributed by atoms with Crippen LogP contribution < -0.4 is 10.3 Å². The molecule has 0 fully saturated rings. The Kier molecular flexibility index (Phi) is 3.72. The Morgan fingerprint density at radius 2 is 1.74 bits per heavy atom. The molecule has 0 saturated heterocycles. The summed E-state index contributed by atoms with van der Waals surface area (Å²) in [4.78, 5) is 18.8. The highest BCUT2D eigenvalue weighted by atomic mass is 32.2. The molecule has 1 unspecified atom stereocenters. The quantitative estimate of drug-likeness (QED) is 0.765. The topological polar surface area (TPSA) is 57.6 Å². The first-order chi connectivity index (χ1) is 13.3. The third-order valence-electron chi connectivity index (χ3n) is 4.75. The highest BCUT2D eigenvalue weighted by Crippen LogP contribution is 2.50. The van der Waals surface area contributed by atoms with Crippen molar-refractivity contribution in [3.63, 3.8) is 0 Å². The van der Waals surface area contributed by atoms with Crippen molar-refractivity contribution < 1.29 is 4.79 Å². The first-order valence-corrected chi connectivity index (χ1v) is 9.50. The monoisotopic (exact) mass is 372 g/mol. The summed E-state index contributed by atoms with van der Waals surface area (Å²) >= 11 is 1.47. The number of amides is 1. The van der Waals surface area contributed by atoms with Crippen molar-refractivity contribution in [2.75, 3.05) is 4.90 Å². The van der Waals surface area contributed by atoms with Crippen molar-refractivity contribution in [3.05, 3.63) is 95.8 Å². The van der Waals surface area contributed by atoms with Gasteiger partial charge in [-0.25, -0.2) is 0 Å². The third-order valence-corrected chi connectivity index (χ3v) is 6.06. The molecule has 27 heavy (non-hydrogen) atoms. The lowest BCUT2D eigenvalue weighted by atomic mass is 10.1. The number of fused-ring (bicyclic) bond motifs is 2. The molecule has 0 saturated carbocycles. The van der Waals surface area contributed by atoms with Crippen LogP contribution in [0.25, 0.3) is 0 Å². The summed E-state index contributed by atoms with van der Waals surface area (Å²) in [5.74, 6) is -0.0194. The molecule has 132 valence electrons. The molecule has 1 aromatic heterocycles. The van der Waals surface area contributed by atoms with Gasteiger partial charge in [0.2, 0.25) is 4.87 Å². The number of hydrazone groups is 1. The standard InChI is InChI=1S/C21H16N4OS/c26-20-21(24-23-19(27-21)15-8-2-1-3-9-15)17-11-4-5-12-18(17)25(20)14-16-10-6-7-13-22-16/h1-13,24H,14H2. The minimum atomic E-state index is -0.920. The number of benzene rings is 2. The number of rotatable bonds is 3. The first kappa shape index (κ1) is 16.1. The van der Waals surface area contributed by atoms with E-state index >= 15 is 0 Å². The van der Waals surface area contributed by atoms with Crippen molar-refractivity contribution in [1.29, 1.82) is 0 Å². The van der Waals surface area contributed by atoms with E-state index in [4.69, 9.17) is 0 Å². The number of nitrogens with one attached hydrogen (secondary N) is 1. The Morgan fingerprint density at radius 3 is 2.56 bits per heavy atom. The fraction of sp³-hybridized carbons (Fsp3) is 0.0952. The van der Waals surface area contributed by atoms with E-state index in [9.17, 15) is 4.79 Å². The van der Waals surface area contributed by atoms with E-state index in [0.29, 0.717) is 6.54 Å². The van der Waals surface area contributed by atoms with Gasteiger partial charge in [0, 0.05) is 17.3 Å². The number of pyridine rings is 1. The molecule has 0 bridgehead atoms. The zero-order chi connectivity index (χ0) is 18.3. The van der Waals surface area contributed by atoms with E-state index < -0.39 is 4.87 Å². The van der Waals surface area contributed by atoms with Gasteiger partial charge in [-0.15, -0.1) is 0 Å². The van der Waals surface area contributed by atoms with Crippen molar-refractivity contribution >= 4 is 28.4 Å². The van der Waals surface area contributed by atoms with Gasteiger partial charge in [-0.2, -0.15) is 5.10 Å². The minimum Gasteiger partial charge on any atom is -0.303 e. The lowest BCUT2D eigenvalue weighted by molar-refractivity contribution is -0.121. The maximum atomic E-state index is 13.5. The summed E-state index contributed by atoms with van der Waals surface area (Å²) in [5, 5.41) is 5.32. The van der Waals surface area contributed by atoms with Gasteiger partial charge in [-0.1, -0.05) is 66.4 Å². The predicted molar refractivity (Wildman–Crippen MR) is 107 cm³/mol. The largest absolute Gasteiger partial charge is 0.303 e. The van der Waals surface area contributed by atoms with Crippen molar-refractivity contribution in [2.24, 2.45) is 5.10 Å². The number of aromatic nitrogens is 1. The number of carbonyl (C=O) groups excluding carboxylic acids is 1. The molecule has 0 aliphatic carbocycles. The van der Waals surface area contributed by atoms with Gasteiger partial charge in [0.1, 0.15) is 5.04 Å². The minimum absolute atomic E-state index is 0.0194. The Labute approximate surface area is 161 Å². The number of carbonyl (C=O) groups is 1. The van der Waals surface area contributed by atoms with Crippen LogP contribution >= 0.6 is 11.8 Å². The molecule has 0 radical (unpaired) electrons. The summed E-state index contributed by atoms with van der Waals surface area (Å²) in [6, 6.07) is 23.6. The fourth-order valence-corrected chi connectivity index (χ4v) is 4.67. The summed E-state index contributed by atoms with van der Waals surface area (Å²) < 4.78 is 0. The molecular formula is C21H16N4OS. The van der Waals surface area contributed by atoms with Gasteiger partial charge < -0.3 is 4.90 Å². The number of para-hydroxylation sites is 1. The van der Waals surface area contributed by atoms with Crippen LogP contribution in [0.4, 0.5) is 5.69 Å². The summed E-state index contributed by atoms with van der Waals surface area (Å²) in [5.41, 5.74) is 6.83. The van der Waals surface area contributed by atoms with E-state index in [2.05, 4.69) is 15.5 Å². The van der Waals surface area contributed by atoms with E-state index in [-0.39, 0.29) is 5.91 Å². The van der Waals surface area contributed by atoms with Crippen LogP contribution in [0.15, 0.2) is 84.1 Å². The first-order valence-electron chi connectivity index (χ1n) is 8.69. The maximum absolute atomic E-state index is 13.5. The number of anilines is 1. The highest BCUT2D eigenvalue weighted by Gasteiger charge is 2.55. The SMILES string of the molecule is O=C1N(Cc2ccccn2)c2ccccc2C12NN=C(c1ccccc1)S2. The number of hydrogen-bond acceptors (Lipinski definition) is 5. The number of nitrogens with zero attached hydrogens (tertiary/aromatic N) is 3. The Bertz CT molecular complexity index is 1040. The van der Waals surface area contributed by atoms with E-state index in [0.717, 1.165) is 27.6 Å². The number of thioether (sulfide) groups is 1. The highest BCUT2D eigenvalue weighted by molar-refractivity contribution is 8.16. The lowest BCUT2D eigenvalue weighted by Gasteiger charge is -2.22. The van der Waals surface area contributed by atoms with E-state index in [1.165, 1.54) is 11.8 Å². The molecule has 6 heteroatoms. The van der Waals surface area contributed by atoms with Crippen LogP contribution in [-0.4, -0.2) is 15.9 Å². The molecule has 3 aromatic rings. The molecule has 2 aromatic carbocycles. The zero-order valence-electron chi connectivity index (χ0n) is 14.4. The van der Waals surface area contributed by atoms with Gasteiger partial charge in [0.25, 0.3) is 5.91 Å². The molecule has 3 heterocycles. The van der Waals surface area contributed by atoms with Crippen LogP contribution in [0.1, 0.15) is 16.8 Å². The molecule has 1 spiro atoms. The van der Waals surface area contributed by atoms with Crippen LogP contribution in [0.3, 0.4) is 0 Å². The third kappa shape index (κ3) is 2.52. The van der Waals surface area contributed by atoms with Gasteiger partial charge in [0.15, 0.2) is 0 Å². The molecule has 5 nitrogen and oxygen atoms in total. The van der Waals surface area contributed by atoms with Crippen LogP contribution in [0.5, 0.6) is 0 Å². The van der Waals surface area contributed by atoms with Crippen LogP contribution in [-0.2, 0) is 16.2 Å². The molecule has 5 rings (SSSR count). The Balaban J connectivity index is 1.52. The molecule has 2 aliphatic rings. The van der Waals surface area contributed by atoms with Gasteiger partial charge in [-0.3, -0.25) is 15.2 Å². The van der Waals surface area contributed by atoms with Crippen LogP contribution in [0.2, 0.25) is 0 Å². The summed E-state index contributed by atoms with van der Waals surface area (Å²) in [6.45, 7) is 0.432. The fourth-order valence-electron chi connectivity index (χ4n) is 3.46. The second kappa shape index (κ2) is 6.25. The number of hydrogen-bond donors (Lipinski definition) is 1. The van der Waals surface area contributed by atoms with Crippen LogP contribution in [0, 0.1) is 0 Å². The average molecular weight is 372 g/mol. The molecular weight excluding hydrogens is 356 g/mol. The smallest absolute Gasteiger partial charge is 0.270 e. The van der Waals surface area contributed by atoms with E-state index in [1.807, 2.05) is 72.8 Å². The molecule has 2 aliphatic heterocycles. The second-order valence-electron chi connectivity index (χ2n) is 6.41. The molecule has 1 amide bonds. The van der Waals surface area contributed by atoms with Crippen molar-refractivity contribution in [1.82, 2.24) is 10.4 Å². The second-order valence-corrected chi connectivity index (χ2v) is 7.61. The Hall–Kier alpha value is -3.12.